The number of fused-ring (bicyclic) bond motifs is 3. The quantitative estimate of drug-likeness (QED) is 0.375. The van der Waals surface area contributed by atoms with Gasteiger partial charge in [0, 0.05) is 30.0 Å². The number of carbonyl (C=O) groups is 1. The molecular weight excluding hydrogens is 439 g/mol. The zero-order chi connectivity index (χ0) is 24.4. The summed E-state index contributed by atoms with van der Waals surface area (Å²) >= 11 is 0. The van der Waals surface area contributed by atoms with E-state index in [-0.39, 0.29) is 18.0 Å². The smallest absolute Gasteiger partial charge is 0.415 e. The maximum Gasteiger partial charge on any atom is 0.415 e. The van der Waals surface area contributed by atoms with Gasteiger partial charge in [-0.25, -0.2) is 9.18 Å². The van der Waals surface area contributed by atoms with Gasteiger partial charge in [-0.05, 0) is 49.2 Å². The van der Waals surface area contributed by atoms with E-state index in [0.717, 1.165) is 53.8 Å². The molecule has 3 aliphatic rings. The van der Waals surface area contributed by atoms with Crippen molar-refractivity contribution in [2.45, 2.75) is 45.4 Å². The van der Waals surface area contributed by atoms with Gasteiger partial charge in [0.2, 0.25) is 0 Å². The number of anilines is 1. The minimum Gasteiger partial charge on any atom is -0.440 e. The Bertz CT molecular complexity index is 1160. The maximum absolute atomic E-state index is 13.6. The highest BCUT2D eigenvalue weighted by Crippen LogP contribution is 2.42. The van der Waals surface area contributed by atoms with Gasteiger partial charge in [-0.15, -0.1) is 0 Å². The number of benzene rings is 3. The van der Waals surface area contributed by atoms with Crippen molar-refractivity contribution in [1.29, 1.82) is 0 Å². The number of amides is 1. The fourth-order valence-electron chi connectivity index (χ4n) is 5.91. The average Bonchev–Trinajstić information content (AvgIpc) is 2.89. The second-order valence-electron chi connectivity index (χ2n) is 10.2. The monoisotopic (exact) mass is 473 g/mol. The average molecular weight is 474 g/mol. The van der Waals surface area contributed by atoms with Crippen LogP contribution in [-0.4, -0.2) is 36.3 Å². The second-order valence-corrected chi connectivity index (χ2v) is 10.2. The first-order chi connectivity index (χ1) is 16.9. The van der Waals surface area contributed by atoms with Crippen LogP contribution in [0.4, 0.5) is 14.9 Å². The Kier molecular flexibility index (Phi) is 6.61. The van der Waals surface area contributed by atoms with Crippen molar-refractivity contribution >= 4 is 11.8 Å². The van der Waals surface area contributed by atoms with Crippen LogP contribution in [0.1, 0.15) is 42.5 Å². The molecule has 2 atom stereocenters. The summed E-state index contributed by atoms with van der Waals surface area (Å²) in [7, 11) is 0. The van der Waals surface area contributed by atoms with Gasteiger partial charge in [0.25, 0.3) is 0 Å². The Morgan fingerprint density at radius 3 is 2.43 bits per heavy atom. The summed E-state index contributed by atoms with van der Waals surface area (Å²) < 4.78 is 20.7. The summed E-state index contributed by atoms with van der Waals surface area (Å²) in [5, 5.41) is 0. The van der Waals surface area contributed by atoms with Crippen LogP contribution >= 0.6 is 0 Å². The molecule has 6 rings (SSSR count). The molecule has 0 aromatic heterocycles. The maximum atomic E-state index is 13.6. The molecule has 0 radical (unpaired) electrons. The lowest BCUT2D eigenvalue weighted by Gasteiger charge is -2.55. The van der Waals surface area contributed by atoms with E-state index in [9.17, 15) is 9.18 Å². The molecule has 0 N–H and O–H groups in total. The topological polar surface area (TPSA) is 29.5 Å². The lowest BCUT2D eigenvalue weighted by atomic mass is 9.81. The van der Waals surface area contributed by atoms with Gasteiger partial charge in [0.15, 0.2) is 6.10 Å². The number of aryl methyl sites for hydroxylation is 1. The molecule has 35 heavy (non-hydrogen) atoms. The molecule has 3 heterocycles. The van der Waals surface area contributed by atoms with Crippen LogP contribution in [0.15, 0.2) is 78.9 Å². The Morgan fingerprint density at radius 1 is 1.03 bits per heavy atom. The lowest BCUT2D eigenvalue weighted by molar-refractivity contribution is -0.972. The first-order valence-corrected chi connectivity index (χ1v) is 12.6. The van der Waals surface area contributed by atoms with E-state index in [0.29, 0.717) is 18.5 Å². The third-order valence-corrected chi connectivity index (χ3v) is 8.10. The Hall–Kier alpha value is -3.18. The molecule has 3 aliphatic heterocycles. The SMILES string of the molecule is Cc1cccc(N(Cc2ccc(F)cc2)C(=O)O[C@H]2C[N+]3(C(C)c4ccccc4)CCC2CC3)c1. The zero-order valence-electron chi connectivity index (χ0n) is 20.6. The number of nitrogens with zero attached hydrogens (tertiary/aromatic N) is 2. The third-order valence-electron chi connectivity index (χ3n) is 8.10. The predicted molar refractivity (Wildman–Crippen MR) is 136 cm³/mol. The Morgan fingerprint density at radius 2 is 1.74 bits per heavy atom. The summed E-state index contributed by atoms with van der Waals surface area (Å²) in [4.78, 5) is 15.3. The largest absolute Gasteiger partial charge is 0.440 e. The van der Waals surface area contributed by atoms with Crippen molar-refractivity contribution in [2.24, 2.45) is 5.92 Å². The van der Waals surface area contributed by atoms with Crippen molar-refractivity contribution < 1.29 is 18.4 Å². The first-order valence-electron chi connectivity index (χ1n) is 12.6. The van der Waals surface area contributed by atoms with Gasteiger partial charge in [0.1, 0.15) is 18.4 Å². The van der Waals surface area contributed by atoms with Crippen molar-refractivity contribution in [2.75, 3.05) is 24.5 Å². The molecule has 3 fully saturated rings. The van der Waals surface area contributed by atoms with Gasteiger partial charge in [0.05, 0.1) is 19.6 Å². The molecule has 1 unspecified atom stereocenters. The minimum atomic E-state index is -0.329. The van der Waals surface area contributed by atoms with Crippen molar-refractivity contribution in [3.05, 3.63) is 101 Å². The lowest BCUT2D eigenvalue weighted by Crippen LogP contribution is -2.65. The molecule has 182 valence electrons. The molecule has 0 spiro atoms. The first kappa shape index (κ1) is 23.6. The zero-order valence-corrected chi connectivity index (χ0v) is 20.6. The second kappa shape index (κ2) is 9.82. The normalized spacial score (nSPS) is 24.1. The van der Waals surface area contributed by atoms with Crippen LogP contribution in [0.5, 0.6) is 0 Å². The van der Waals surface area contributed by atoms with Gasteiger partial charge in [-0.1, -0.05) is 54.6 Å². The molecule has 0 aliphatic carbocycles. The molecule has 3 aromatic rings. The fraction of sp³-hybridized carbons (Fsp3) is 0.367. The number of halogens is 1. The summed E-state index contributed by atoms with van der Waals surface area (Å²) in [6.07, 6.45) is 1.73. The number of hydrogen-bond acceptors (Lipinski definition) is 2. The molecule has 3 saturated heterocycles. The van der Waals surface area contributed by atoms with E-state index in [1.165, 1.54) is 17.7 Å². The Balaban J connectivity index is 1.37. The van der Waals surface area contributed by atoms with Gasteiger partial charge >= 0.3 is 6.09 Å². The number of hydrogen-bond donors (Lipinski definition) is 0. The van der Waals surface area contributed by atoms with Crippen LogP contribution in [0, 0.1) is 18.7 Å². The summed E-state index contributed by atoms with van der Waals surface area (Å²) in [5.41, 5.74) is 4.07. The van der Waals surface area contributed by atoms with Crippen LogP contribution in [0.2, 0.25) is 0 Å². The summed E-state index contributed by atoms with van der Waals surface area (Å²) in [6, 6.07) is 25.3. The predicted octanol–water partition coefficient (Wildman–Crippen LogP) is 6.65. The standard InChI is InChI=1S/C30H34FN2O2/c1-22-7-6-10-28(19-22)32(20-24-11-13-27(31)14-12-24)30(34)35-29-21-33(17-15-26(29)16-18-33)23(2)25-8-4-3-5-9-25/h3-14,19,23,26,29H,15-18,20-21H2,1-2H3/q+1/t23?,26?,29-,33?/m0/s1. The minimum absolute atomic E-state index is 0.100. The summed E-state index contributed by atoms with van der Waals surface area (Å²) in [5.74, 6) is 0.124. The molecular formula is C30H34FN2O2+. The number of rotatable bonds is 6. The van der Waals surface area contributed by atoms with E-state index in [1.807, 2.05) is 31.2 Å². The highest BCUT2D eigenvalue weighted by atomic mass is 19.1. The van der Waals surface area contributed by atoms with E-state index >= 15 is 0 Å². The number of carbonyl (C=O) groups excluding carboxylic acids is 1. The highest BCUT2D eigenvalue weighted by Gasteiger charge is 2.50. The fourth-order valence-corrected chi connectivity index (χ4v) is 5.91. The third kappa shape index (κ3) is 4.96. The van der Waals surface area contributed by atoms with Crippen LogP contribution in [-0.2, 0) is 11.3 Å². The van der Waals surface area contributed by atoms with Crippen LogP contribution < -0.4 is 4.90 Å². The number of ether oxygens (including phenoxy) is 1. The van der Waals surface area contributed by atoms with Crippen molar-refractivity contribution in [3.63, 3.8) is 0 Å². The Labute approximate surface area is 207 Å². The number of quaternary nitrogens is 1. The van der Waals surface area contributed by atoms with E-state index < -0.39 is 0 Å². The molecule has 4 nitrogen and oxygen atoms in total. The molecule has 1 amide bonds. The highest BCUT2D eigenvalue weighted by molar-refractivity contribution is 5.87. The molecule has 2 bridgehead atoms. The van der Waals surface area contributed by atoms with E-state index in [2.05, 4.69) is 37.3 Å². The van der Waals surface area contributed by atoms with Gasteiger partial charge < -0.3 is 9.22 Å². The summed E-state index contributed by atoms with van der Waals surface area (Å²) in [6.45, 7) is 7.77. The van der Waals surface area contributed by atoms with Crippen molar-refractivity contribution in [1.82, 2.24) is 0 Å². The van der Waals surface area contributed by atoms with Gasteiger partial charge in [-0.3, -0.25) is 4.90 Å². The van der Waals surface area contributed by atoms with E-state index in [4.69, 9.17) is 4.74 Å². The molecule has 0 saturated carbocycles. The van der Waals surface area contributed by atoms with Gasteiger partial charge in [-0.2, -0.15) is 0 Å². The number of piperidine rings is 3. The van der Waals surface area contributed by atoms with Crippen LogP contribution in [0.3, 0.4) is 0 Å². The molecule has 3 aromatic carbocycles. The van der Waals surface area contributed by atoms with Crippen molar-refractivity contribution in [3.8, 4) is 0 Å². The van der Waals surface area contributed by atoms with E-state index in [1.54, 1.807) is 17.0 Å². The molecule has 5 heteroatoms. The van der Waals surface area contributed by atoms with Crippen LogP contribution in [0.25, 0.3) is 0 Å².